The van der Waals surface area contributed by atoms with Crippen LogP contribution in [0.15, 0.2) is 0 Å². The predicted molar refractivity (Wildman–Crippen MR) is 70.9 cm³/mol. The van der Waals surface area contributed by atoms with Gasteiger partial charge in [-0.15, -0.1) is 0 Å². The molecule has 16 heavy (non-hydrogen) atoms. The average Bonchev–Trinajstić information content (AvgIpc) is 2.66. The fraction of sp³-hybridized carbons (Fsp3) is 0.917. The molecule has 0 saturated carbocycles. The molecule has 1 heterocycles. The molecule has 4 heteroatoms. The maximum Gasteiger partial charge on any atom is 0.238 e. The van der Waals surface area contributed by atoms with Gasteiger partial charge >= 0.3 is 0 Å². The van der Waals surface area contributed by atoms with Crippen LogP contribution >= 0.6 is 15.9 Å². The molecule has 1 rings (SSSR count). The molecule has 1 unspecified atom stereocenters. The highest BCUT2D eigenvalue weighted by Gasteiger charge is 2.35. The Morgan fingerprint density at radius 3 is 2.44 bits per heavy atom. The first-order valence-corrected chi connectivity index (χ1v) is 6.91. The number of nitrogens with zero attached hydrogens (tertiary/aromatic N) is 2. The van der Waals surface area contributed by atoms with Gasteiger partial charge in [0, 0.05) is 19.1 Å². The summed E-state index contributed by atoms with van der Waals surface area (Å²) in [5, 5.41) is 0. The highest BCUT2D eigenvalue weighted by Crippen LogP contribution is 2.23. The van der Waals surface area contributed by atoms with E-state index in [4.69, 9.17) is 0 Å². The van der Waals surface area contributed by atoms with Crippen LogP contribution in [0.2, 0.25) is 0 Å². The highest BCUT2D eigenvalue weighted by molar-refractivity contribution is 9.10. The Hall–Kier alpha value is -0.0900. The van der Waals surface area contributed by atoms with E-state index < -0.39 is 4.32 Å². The lowest BCUT2D eigenvalue weighted by Gasteiger charge is -2.28. The van der Waals surface area contributed by atoms with Gasteiger partial charge in [-0.25, -0.2) is 0 Å². The number of hydrogen-bond donors (Lipinski definition) is 0. The van der Waals surface area contributed by atoms with Crippen molar-refractivity contribution in [2.24, 2.45) is 0 Å². The second-order valence-electron chi connectivity index (χ2n) is 4.89. The summed E-state index contributed by atoms with van der Waals surface area (Å²) < 4.78 is -0.425. The quantitative estimate of drug-likeness (QED) is 0.741. The summed E-state index contributed by atoms with van der Waals surface area (Å²) in [4.78, 5) is 16.5. The number of halogens is 1. The number of alkyl halides is 1. The second-order valence-corrected chi connectivity index (χ2v) is 6.87. The van der Waals surface area contributed by atoms with Gasteiger partial charge in [-0.1, -0.05) is 29.8 Å². The van der Waals surface area contributed by atoms with Crippen LogP contribution < -0.4 is 0 Å². The van der Waals surface area contributed by atoms with E-state index in [9.17, 15) is 4.79 Å². The van der Waals surface area contributed by atoms with Crippen molar-refractivity contribution < 1.29 is 4.79 Å². The lowest BCUT2D eigenvalue weighted by atomic mass is 10.2. The molecule has 0 aromatic heterocycles. The van der Waals surface area contributed by atoms with Gasteiger partial charge in [0.15, 0.2) is 0 Å². The van der Waals surface area contributed by atoms with E-state index in [-0.39, 0.29) is 5.91 Å². The van der Waals surface area contributed by atoms with Crippen molar-refractivity contribution in [2.75, 3.05) is 26.2 Å². The van der Waals surface area contributed by atoms with Gasteiger partial charge in [-0.2, -0.15) is 0 Å². The first-order chi connectivity index (χ1) is 7.40. The van der Waals surface area contributed by atoms with Crippen molar-refractivity contribution in [1.29, 1.82) is 0 Å². The molecule has 1 aliphatic heterocycles. The Labute approximate surface area is 107 Å². The summed E-state index contributed by atoms with van der Waals surface area (Å²) in [6.45, 7) is 12.1. The summed E-state index contributed by atoms with van der Waals surface area (Å²) in [6.07, 6.45) is 1.11. The molecule has 94 valence electrons. The van der Waals surface area contributed by atoms with Crippen molar-refractivity contribution in [3.63, 3.8) is 0 Å². The zero-order chi connectivity index (χ0) is 12.3. The number of likely N-dealkylation sites (tertiary alicyclic amines) is 1. The van der Waals surface area contributed by atoms with Gasteiger partial charge in [-0.3, -0.25) is 9.69 Å². The van der Waals surface area contributed by atoms with E-state index in [0.29, 0.717) is 6.04 Å². The largest absolute Gasteiger partial charge is 0.340 e. The zero-order valence-corrected chi connectivity index (χ0v) is 12.4. The Kier molecular flexibility index (Phi) is 4.80. The standard InChI is InChI=1S/C12H23BrN2O/c1-5-14(6-2)10-7-8-15(9-10)11(16)12(3,4)13/h10H,5-9H2,1-4H3. The number of hydrogen-bond acceptors (Lipinski definition) is 2. The van der Waals surface area contributed by atoms with Crippen LogP contribution in [0, 0.1) is 0 Å². The third-order valence-electron chi connectivity index (χ3n) is 3.29. The summed E-state index contributed by atoms with van der Waals surface area (Å²) in [5.41, 5.74) is 0. The summed E-state index contributed by atoms with van der Waals surface area (Å²) >= 11 is 3.44. The Morgan fingerprint density at radius 2 is 2.00 bits per heavy atom. The lowest BCUT2D eigenvalue weighted by molar-refractivity contribution is -0.131. The van der Waals surface area contributed by atoms with Gasteiger partial charge in [0.1, 0.15) is 0 Å². The Morgan fingerprint density at radius 1 is 1.44 bits per heavy atom. The third kappa shape index (κ3) is 3.20. The van der Waals surface area contributed by atoms with Crippen LogP contribution in [0.1, 0.15) is 34.1 Å². The molecule has 1 aliphatic rings. The average molecular weight is 291 g/mol. The van der Waals surface area contributed by atoms with Gasteiger partial charge in [0.2, 0.25) is 5.91 Å². The molecule has 0 aromatic carbocycles. The molecule has 1 fully saturated rings. The summed E-state index contributed by atoms with van der Waals surface area (Å²) in [7, 11) is 0. The van der Waals surface area contributed by atoms with Gasteiger partial charge in [0.05, 0.1) is 4.32 Å². The Balaban J connectivity index is 2.56. The van der Waals surface area contributed by atoms with Gasteiger partial charge in [-0.05, 0) is 33.4 Å². The molecule has 0 N–H and O–H groups in total. The fourth-order valence-electron chi connectivity index (χ4n) is 2.34. The number of rotatable bonds is 4. The Bertz CT molecular complexity index is 246. The fourth-order valence-corrected chi connectivity index (χ4v) is 2.59. The minimum atomic E-state index is -0.425. The highest BCUT2D eigenvalue weighted by atomic mass is 79.9. The molecule has 0 spiro atoms. The topological polar surface area (TPSA) is 23.6 Å². The first kappa shape index (κ1) is 14.0. The molecule has 0 aliphatic carbocycles. The molecular formula is C12H23BrN2O. The maximum atomic E-state index is 12.1. The number of carbonyl (C=O) groups excluding carboxylic acids is 1. The van der Waals surface area contributed by atoms with Gasteiger partial charge < -0.3 is 4.90 Å². The molecule has 1 amide bonds. The van der Waals surface area contributed by atoms with Crippen LogP contribution in [-0.4, -0.2) is 52.3 Å². The first-order valence-electron chi connectivity index (χ1n) is 6.12. The van der Waals surface area contributed by atoms with Crippen LogP contribution in [0.3, 0.4) is 0 Å². The lowest BCUT2D eigenvalue weighted by Crippen LogP contribution is -2.43. The van der Waals surface area contributed by atoms with E-state index in [1.54, 1.807) is 0 Å². The number of likely N-dealkylation sites (N-methyl/N-ethyl adjacent to an activating group) is 1. The smallest absolute Gasteiger partial charge is 0.238 e. The predicted octanol–water partition coefficient (Wildman–Crippen LogP) is 2.10. The van der Waals surface area contributed by atoms with Crippen LogP contribution in [0.4, 0.5) is 0 Å². The van der Waals surface area contributed by atoms with Crippen molar-refractivity contribution in [3.8, 4) is 0 Å². The molecule has 3 nitrogen and oxygen atoms in total. The molecular weight excluding hydrogens is 268 g/mol. The minimum Gasteiger partial charge on any atom is -0.340 e. The minimum absolute atomic E-state index is 0.210. The summed E-state index contributed by atoms with van der Waals surface area (Å²) in [5.74, 6) is 0.210. The van der Waals surface area contributed by atoms with E-state index >= 15 is 0 Å². The van der Waals surface area contributed by atoms with Crippen molar-refractivity contribution >= 4 is 21.8 Å². The van der Waals surface area contributed by atoms with Crippen molar-refractivity contribution in [2.45, 2.75) is 44.5 Å². The van der Waals surface area contributed by atoms with E-state index in [1.165, 1.54) is 0 Å². The van der Waals surface area contributed by atoms with Crippen LogP contribution in [-0.2, 0) is 4.79 Å². The second kappa shape index (κ2) is 5.50. The number of carbonyl (C=O) groups is 1. The van der Waals surface area contributed by atoms with Gasteiger partial charge in [0.25, 0.3) is 0 Å². The van der Waals surface area contributed by atoms with E-state index in [1.807, 2.05) is 18.7 Å². The van der Waals surface area contributed by atoms with Crippen LogP contribution in [0.5, 0.6) is 0 Å². The molecule has 1 atom stereocenters. The maximum absolute atomic E-state index is 12.1. The zero-order valence-electron chi connectivity index (χ0n) is 10.8. The van der Waals surface area contributed by atoms with Crippen molar-refractivity contribution in [3.05, 3.63) is 0 Å². The normalized spacial score (nSPS) is 21.9. The van der Waals surface area contributed by atoms with Crippen molar-refractivity contribution in [1.82, 2.24) is 9.80 Å². The third-order valence-corrected chi connectivity index (χ3v) is 3.63. The molecule has 0 bridgehead atoms. The van der Waals surface area contributed by atoms with E-state index in [0.717, 1.165) is 32.6 Å². The monoisotopic (exact) mass is 290 g/mol. The SMILES string of the molecule is CCN(CC)C1CCN(C(=O)C(C)(C)Br)C1. The number of amides is 1. The summed E-state index contributed by atoms with van der Waals surface area (Å²) in [6, 6.07) is 0.550. The molecule has 0 aromatic rings. The van der Waals surface area contributed by atoms with Crippen LogP contribution in [0.25, 0.3) is 0 Å². The molecule has 0 radical (unpaired) electrons. The molecule has 1 saturated heterocycles. The van der Waals surface area contributed by atoms with E-state index in [2.05, 4.69) is 34.7 Å².